The Morgan fingerprint density at radius 3 is 0.738 bits per heavy atom. The third-order valence-electron chi connectivity index (χ3n) is 10.5. The van der Waals surface area contributed by atoms with E-state index in [-0.39, 0.29) is 0 Å². The van der Waals surface area contributed by atoms with E-state index >= 15 is 0 Å². The topological polar surface area (TPSA) is 102 Å². The van der Waals surface area contributed by atoms with E-state index in [1.165, 1.54) is 0 Å². The number of hydrogen-bond acceptors (Lipinski definition) is 11. The van der Waals surface area contributed by atoms with Crippen LogP contribution in [0.2, 0.25) is 0 Å². The Balaban J connectivity index is 0.000000800. The summed E-state index contributed by atoms with van der Waals surface area (Å²) in [7, 11) is 0. The molecule has 2 aliphatic heterocycles. The first-order chi connectivity index (χ1) is 36.0. The molecule has 0 saturated carbocycles. The normalized spacial score (nSPS) is 17.4. The Hall–Kier alpha value is -2.68. The molecule has 0 radical (unpaired) electrons. The molecule has 2 rings (SSSR count). The predicted octanol–water partition coefficient (Wildman–Crippen LogP) is 12.2. The van der Waals surface area contributed by atoms with E-state index in [2.05, 4.69) is 42.6 Å². The summed E-state index contributed by atoms with van der Waals surface area (Å²) in [6.45, 7) is -19.4. The molecule has 0 aromatic rings. The molecule has 43 heteroatoms. The average Bonchev–Trinajstić information content (AvgIpc) is 3.30. The minimum Gasteiger partial charge on any atom is -0.380 e. The van der Waals surface area contributed by atoms with Crippen LogP contribution in [-0.2, 0) is 52.1 Å². The third-order valence-corrected chi connectivity index (χ3v) is 10.5. The van der Waals surface area contributed by atoms with Gasteiger partial charge in [-0.1, -0.05) is 6.42 Å². The number of ether oxygens (including phenoxy) is 11. The molecule has 80 heavy (non-hydrogen) atoms. The fourth-order valence-corrected chi connectivity index (χ4v) is 5.70. The van der Waals surface area contributed by atoms with Crippen LogP contribution in [0.5, 0.6) is 0 Å². The van der Waals surface area contributed by atoms with E-state index in [1.807, 2.05) is 0 Å². The second-order valence-corrected chi connectivity index (χ2v) is 17.5. The zero-order chi connectivity index (χ0) is 62.4. The van der Waals surface area contributed by atoms with E-state index in [9.17, 15) is 140 Å². The molecule has 0 bridgehead atoms. The molecule has 0 aromatic carbocycles. The number of rotatable bonds is 40. The van der Waals surface area contributed by atoms with Crippen molar-refractivity contribution < 1.29 is 193 Å². The van der Waals surface area contributed by atoms with Crippen molar-refractivity contribution in [1.29, 1.82) is 0 Å². The molecule has 0 N–H and O–H groups in total. The summed E-state index contributed by atoms with van der Waals surface area (Å²) in [4.78, 5) is 0. The third kappa shape index (κ3) is 23.4. The van der Waals surface area contributed by atoms with Crippen molar-refractivity contribution in [2.45, 2.75) is 120 Å². The van der Waals surface area contributed by atoms with Crippen LogP contribution in [-0.4, -0.2) is 193 Å². The summed E-state index contributed by atoms with van der Waals surface area (Å²) in [5, 5.41) is 0. The van der Waals surface area contributed by atoms with Gasteiger partial charge in [0.05, 0.1) is 103 Å². The van der Waals surface area contributed by atoms with E-state index < -0.39 is 234 Å². The molecule has 11 nitrogen and oxygen atoms in total. The van der Waals surface area contributed by atoms with Crippen molar-refractivity contribution in [1.82, 2.24) is 0 Å². The maximum absolute atomic E-state index is 13.4. The maximum Gasteiger partial charge on any atom is 0.416 e. The monoisotopic (exact) mass is 1270 g/mol. The van der Waals surface area contributed by atoms with Crippen molar-refractivity contribution in [2.75, 3.05) is 92.5 Å². The first-order valence-corrected chi connectivity index (χ1v) is 21.2. The molecule has 2 heterocycles. The van der Waals surface area contributed by atoms with Gasteiger partial charge in [0.2, 0.25) is 0 Å². The molecule has 2 aliphatic rings. The quantitative estimate of drug-likeness (QED) is 0.0548. The fraction of sp³-hybridized carbons (Fsp3) is 1.00. The van der Waals surface area contributed by atoms with Gasteiger partial charge in [-0.05, 0) is 12.8 Å². The van der Waals surface area contributed by atoms with E-state index in [0.717, 1.165) is 0 Å². The highest BCUT2D eigenvalue weighted by atomic mass is 19.4. The van der Waals surface area contributed by atoms with Crippen molar-refractivity contribution in [3.8, 4) is 0 Å². The van der Waals surface area contributed by atoms with Gasteiger partial charge in [0.1, 0.15) is 0 Å². The molecule has 0 amide bonds. The van der Waals surface area contributed by atoms with Crippen LogP contribution in [0, 0.1) is 21.7 Å². The van der Waals surface area contributed by atoms with E-state index in [0.29, 0.717) is 0 Å². The fourth-order valence-electron chi connectivity index (χ4n) is 5.70. The van der Waals surface area contributed by atoms with Gasteiger partial charge >= 0.3 is 100 Å². The molecule has 0 spiro atoms. The first kappa shape index (κ1) is 75.3. The molecule has 0 aliphatic carbocycles. The Labute approximate surface area is 426 Å². The SMILES string of the molecule is FC(F)C(F)(F)OCC1(CCCC(COC(F)(F)C(F)F)(COC(F)(F)C(F)F)COC(F)(F)C(F)F)COC1.FC(F)C(F)(F)OCC1(COCC(COC(F)(F)C(F)F)(COC(F)(F)C(F)F)COC(F)(F)C(F)F)COC1. The summed E-state index contributed by atoms with van der Waals surface area (Å²) >= 11 is 0. The summed E-state index contributed by atoms with van der Waals surface area (Å²) in [5.74, 6) is 0. The first-order valence-electron chi connectivity index (χ1n) is 21.2. The van der Waals surface area contributed by atoms with Gasteiger partial charge in [-0.3, -0.25) is 0 Å². The van der Waals surface area contributed by atoms with Gasteiger partial charge in [-0.2, -0.15) is 70.2 Å². The minimum atomic E-state index is -5.44. The van der Waals surface area contributed by atoms with Gasteiger partial charge in [0, 0.05) is 10.8 Å². The van der Waals surface area contributed by atoms with Crippen LogP contribution in [0.25, 0.3) is 0 Å². The summed E-state index contributed by atoms with van der Waals surface area (Å²) in [6.07, 6.45) is -81.0. The maximum atomic E-state index is 13.4. The Bertz CT molecular complexity index is 1530. The number of alkyl halides is 32. The molecular weight excluding hydrogens is 1230 g/mol. The van der Waals surface area contributed by atoms with Crippen LogP contribution in [0.4, 0.5) is 140 Å². The van der Waals surface area contributed by atoms with Gasteiger partial charge in [-0.25, -0.2) is 70.2 Å². The standard InChI is InChI=1S/C19H22F16O5.C18H20F16O6/c20-10(21)16(28,29)37-6-14(4-36-5-14)2-1-3-15(7-38-17(30,31)11(22)23,8-39-18(32,33)12(24)25)9-40-19(34,35)13(26)27;19-9(20)15(27,28)37-5-13(1-35-2-13)3-36-4-14(6-38-16(29,30)10(21)22,7-39-17(31,32)11(23)24)8-40-18(33,34)12(25)26/h10-13H,1-9H2;9-12H,1-8H2. The van der Waals surface area contributed by atoms with Gasteiger partial charge in [0.15, 0.2) is 0 Å². The summed E-state index contributed by atoms with van der Waals surface area (Å²) in [5.41, 5.74) is -9.43. The average molecular weight is 1270 g/mol. The summed E-state index contributed by atoms with van der Waals surface area (Å²) < 4.78 is 456. The minimum absolute atomic E-state index is 0.459. The number of hydrogen-bond donors (Lipinski definition) is 0. The van der Waals surface area contributed by atoms with Crippen LogP contribution >= 0.6 is 0 Å². The van der Waals surface area contributed by atoms with Crippen molar-refractivity contribution in [2.24, 2.45) is 21.7 Å². The van der Waals surface area contributed by atoms with Crippen LogP contribution in [0.15, 0.2) is 0 Å². The van der Waals surface area contributed by atoms with Gasteiger partial charge in [0.25, 0.3) is 0 Å². The second kappa shape index (κ2) is 29.4. The smallest absolute Gasteiger partial charge is 0.380 e. The van der Waals surface area contributed by atoms with Crippen LogP contribution < -0.4 is 0 Å². The highest BCUT2D eigenvalue weighted by Gasteiger charge is 2.55. The predicted molar refractivity (Wildman–Crippen MR) is 191 cm³/mol. The molecule has 0 aromatic heterocycles. The van der Waals surface area contributed by atoms with Gasteiger partial charge < -0.3 is 52.1 Å². The lowest BCUT2D eigenvalue weighted by Crippen LogP contribution is -2.53. The van der Waals surface area contributed by atoms with Crippen molar-refractivity contribution in [3.63, 3.8) is 0 Å². The van der Waals surface area contributed by atoms with Crippen LogP contribution in [0.1, 0.15) is 19.3 Å². The Kier molecular flexibility index (Phi) is 27.7. The lowest BCUT2D eigenvalue weighted by atomic mass is 9.77. The van der Waals surface area contributed by atoms with Crippen LogP contribution in [0.3, 0.4) is 0 Å². The zero-order valence-corrected chi connectivity index (χ0v) is 39.2. The van der Waals surface area contributed by atoms with E-state index in [1.54, 1.807) is 0 Å². The second-order valence-electron chi connectivity index (χ2n) is 17.5. The van der Waals surface area contributed by atoms with Crippen molar-refractivity contribution in [3.05, 3.63) is 0 Å². The van der Waals surface area contributed by atoms with Gasteiger partial charge in [-0.15, -0.1) is 0 Å². The van der Waals surface area contributed by atoms with Crippen molar-refractivity contribution >= 4 is 0 Å². The zero-order valence-electron chi connectivity index (χ0n) is 39.2. The Morgan fingerprint density at radius 2 is 0.512 bits per heavy atom. The molecule has 0 atom stereocenters. The summed E-state index contributed by atoms with van der Waals surface area (Å²) in [6, 6.07) is 0. The lowest BCUT2D eigenvalue weighted by Gasteiger charge is -2.43. The molecule has 0 unspecified atom stereocenters. The number of halogens is 32. The highest BCUT2D eigenvalue weighted by Crippen LogP contribution is 2.43. The molecular formula is C37H42F32O11. The Morgan fingerprint density at radius 1 is 0.287 bits per heavy atom. The molecule has 2 saturated heterocycles. The highest BCUT2D eigenvalue weighted by molar-refractivity contribution is 4.90. The largest absolute Gasteiger partial charge is 0.416 e. The lowest BCUT2D eigenvalue weighted by molar-refractivity contribution is -0.352. The molecule has 480 valence electrons. The molecule has 2 fully saturated rings. The van der Waals surface area contributed by atoms with E-state index in [4.69, 9.17) is 9.47 Å².